The Balaban J connectivity index is 0.000000271. The molecule has 0 radical (unpaired) electrons. The van der Waals surface area contributed by atoms with E-state index in [1.54, 1.807) is 0 Å². The van der Waals surface area contributed by atoms with Gasteiger partial charge in [0.2, 0.25) is 0 Å². The summed E-state index contributed by atoms with van der Waals surface area (Å²) in [4.78, 5) is 0. The van der Waals surface area contributed by atoms with Crippen LogP contribution in [0, 0.1) is 27.7 Å². The van der Waals surface area contributed by atoms with Gasteiger partial charge in [-0.1, -0.05) is 39.3 Å². The van der Waals surface area contributed by atoms with E-state index < -0.39 is 0 Å². The third-order valence-corrected chi connectivity index (χ3v) is 5.23. The Morgan fingerprint density at radius 3 is 1.70 bits per heavy atom. The number of benzene rings is 2. The van der Waals surface area contributed by atoms with Crippen molar-refractivity contribution in [2.75, 3.05) is 17.2 Å². The first kappa shape index (κ1) is 23.1. The minimum absolute atomic E-state index is 0.608. The number of hydrogen-bond acceptors (Lipinski definition) is 2. The van der Waals surface area contributed by atoms with Gasteiger partial charge in [0.1, 0.15) is 0 Å². The van der Waals surface area contributed by atoms with Crippen LogP contribution >= 0.6 is 0 Å². The average Bonchev–Trinajstić information content (AvgIpc) is 2.66. The SMILES string of the molecule is CCC(CC)Nc1ccc(C)c(C)c1.CCCCNc1ccc(C)c(C)c1. The van der Waals surface area contributed by atoms with E-state index in [1.165, 1.54) is 59.3 Å². The monoisotopic (exact) mass is 368 g/mol. The summed E-state index contributed by atoms with van der Waals surface area (Å²) in [6.45, 7) is 16.3. The summed E-state index contributed by atoms with van der Waals surface area (Å²) in [5, 5.41) is 6.96. The Bertz CT molecular complexity index is 672. The first-order valence-electron chi connectivity index (χ1n) is 10.6. The predicted octanol–water partition coefficient (Wildman–Crippen LogP) is 7.42. The fraction of sp³-hybridized carbons (Fsp3) is 0.520. The van der Waals surface area contributed by atoms with Crippen molar-refractivity contribution in [1.29, 1.82) is 0 Å². The second-order valence-corrected chi connectivity index (χ2v) is 7.54. The van der Waals surface area contributed by atoms with E-state index in [-0.39, 0.29) is 0 Å². The first-order chi connectivity index (χ1) is 12.9. The van der Waals surface area contributed by atoms with Crippen LogP contribution < -0.4 is 10.6 Å². The van der Waals surface area contributed by atoms with Crippen LogP contribution in [0.15, 0.2) is 36.4 Å². The summed E-state index contributed by atoms with van der Waals surface area (Å²) in [5.41, 5.74) is 7.95. The Labute approximate surface area is 167 Å². The zero-order valence-corrected chi connectivity index (χ0v) is 18.6. The number of rotatable bonds is 8. The molecule has 0 aliphatic carbocycles. The molecule has 150 valence electrons. The number of anilines is 2. The standard InChI is InChI=1S/C13H21N.C12H19N/c1-5-12(6-2)14-13-8-7-10(3)11(4)9-13;1-4-5-8-13-12-7-6-10(2)11(3)9-12/h7-9,12,14H,5-6H2,1-4H3;6-7,9,13H,4-5,8H2,1-3H3. The molecule has 0 spiro atoms. The maximum absolute atomic E-state index is 3.55. The molecule has 2 aromatic carbocycles. The summed E-state index contributed by atoms with van der Waals surface area (Å²) in [5.74, 6) is 0. The van der Waals surface area contributed by atoms with Gasteiger partial charge >= 0.3 is 0 Å². The number of unbranched alkanes of at least 4 members (excludes halogenated alkanes) is 1. The van der Waals surface area contributed by atoms with Gasteiger partial charge in [-0.3, -0.25) is 0 Å². The lowest BCUT2D eigenvalue weighted by Gasteiger charge is -2.17. The second-order valence-electron chi connectivity index (χ2n) is 7.54. The van der Waals surface area contributed by atoms with Crippen LogP contribution in [0.4, 0.5) is 11.4 Å². The highest BCUT2D eigenvalue weighted by Gasteiger charge is 2.03. The predicted molar refractivity (Wildman–Crippen MR) is 123 cm³/mol. The Hall–Kier alpha value is -1.96. The average molecular weight is 369 g/mol. The topological polar surface area (TPSA) is 24.1 Å². The lowest BCUT2D eigenvalue weighted by Crippen LogP contribution is -2.16. The van der Waals surface area contributed by atoms with Gasteiger partial charge in [0, 0.05) is 24.0 Å². The molecule has 0 unspecified atom stereocenters. The third kappa shape index (κ3) is 8.51. The minimum atomic E-state index is 0.608. The van der Waals surface area contributed by atoms with Crippen LogP contribution in [0.3, 0.4) is 0 Å². The molecule has 0 fully saturated rings. The van der Waals surface area contributed by atoms with E-state index >= 15 is 0 Å². The summed E-state index contributed by atoms with van der Waals surface area (Å²) >= 11 is 0. The zero-order chi connectivity index (χ0) is 20.2. The van der Waals surface area contributed by atoms with Crippen LogP contribution in [-0.4, -0.2) is 12.6 Å². The van der Waals surface area contributed by atoms with Gasteiger partial charge in [-0.25, -0.2) is 0 Å². The van der Waals surface area contributed by atoms with Gasteiger partial charge in [-0.15, -0.1) is 0 Å². The van der Waals surface area contributed by atoms with E-state index in [0.717, 1.165) is 6.54 Å². The van der Waals surface area contributed by atoms with Gasteiger partial charge in [-0.05, 0) is 93.5 Å². The fourth-order valence-electron chi connectivity index (χ4n) is 2.82. The molecule has 0 aromatic heterocycles. The van der Waals surface area contributed by atoms with Gasteiger partial charge in [-0.2, -0.15) is 0 Å². The Morgan fingerprint density at radius 1 is 0.704 bits per heavy atom. The highest BCUT2D eigenvalue weighted by molar-refractivity contribution is 5.49. The summed E-state index contributed by atoms with van der Waals surface area (Å²) in [7, 11) is 0. The van der Waals surface area contributed by atoms with Crippen molar-refractivity contribution in [3.63, 3.8) is 0 Å². The molecule has 0 aliphatic heterocycles. The Morgan fingerprint density at radius 2 is 1.22 bits per heavy atom. The third-order valence-electron chi connectivity index (χ3n) is 5.23. The molecular weight excluding hydrogens is 328 g/mol. The van der Waals surface area contributed by atoms with Crippen molar-refractivity contribution in [2.45, 2.75) is 80.2 Å². The van der Waals surface area contributed by atoms with Gasteiger partial charge < -0.3 is 10.6 Å². The van der Waals surface area contributed by atoms with E-state index in [0.29, 0.717) is 6.04 Å². The Kier molecular flexibility index (Phi) is 10.6. The van der Waals surface area contributed by atoms with Gasteiger partial charge in [0.05, 0.1) is 0 Å². The lowest BCUT2D eigenvalue weighted by molar-refractivity contribution is 0.671. The van der Waals surface area contributed by atoms with Crippen molar-refractivity contribution in [3.05, 3.63) is 58.7 Å². The maximum atomic E-state index is 3.55. The molecular formula is C25H40N2. The molecule has 2 heteroatoms. The summed E-state index contributed by atoms with van der Waals surface area (Å²) in [6.07, 6.45) is 4.86. The normalized spacial score (nSPS) is 10.4. The van der Waals surface area contributed by atoms with Crippen molar-refractivity contribution < 1.29 is 0 Å². The van der Waals surface area contributed by atoms with Crippen molar-refractivity contribution in [2.24, 2.45) is 0 Å². The van der Waals surface area contributed by atoms with Crippen molar-refractivity contribution in [3.8, 4) is 0 Å². The van der Waals surface area contributed by atoms with Crippen LogP contribution in [0.25, 0.3) is 0 Å². The summed E-state index contributed by atoms with van der Waals surface area (Å²) < 4.78 is 0. The number of nitrogens with one attached hydrogen (secondary N) is 2. The number of aryl methyl sites for hydroxylation is 4. The molecule has 2 rings (SSSR count). The van der Waals surface area contributed by atoms with Gasteiger partial charge in [0.25, 0.3) is 0 Å². The van der Waals surface area contributed by atoms with E-state index in [1.807, 2.05) is 0 Å². The molecule has 0 saturated heterocycles. The van der Waals surface area contributed by atoms with Crippen LogP contribution in [0.5, 0.6) is 0 Å². The molecule has 0 aliphatic rings. The van der Waals surface area contributed by atoms with E-state index in [9.17, 15) is 0 Å². The summed E-state index contributed by atoms with van der Waals surface area (Å²) in [6, 6.07) is 13.7. The van der Waals surface area contributed by atoms with E-state index in [4.69, 9.17) is 0 Å². The first-order valence-corrected chi connectivity index (χ1v) is 10.6. The largest absolute Gasteiger partial charge is 0.385 e. The highest BCUT2D eigenvalue weighted by Crippen LogP contribution is 2.16. The highest BCUT2D eigenvalue weighted by atomic mass is 14.9. The minimum Gasteiger partial charge on any atom is -0.385 e. The molecule has 27 heavy (non-hydrogen) atoms. The molecule has 0 amide bonds. The van der Waals surface area contributed by atoms with Gasteiger partial charge in [0.15, 0.2) is 0 Å². The van der Waals surface area contributed by atoms with Crippen LogP contribution in [0.1, 0.15) is 68.7 Å². The van der Waals surface area contributed by atoms with Crippen LogP contribution in [-0.2, 0) is 0 Å². The zero-order valence-electron chi connectivity index (χ0n) is 18.6. The fourth-order valence-corrected chi connectivity index (χ4v) is 2.82. The second kappa shape index (κ2) is 12.4. The molecule has 0 heterocycles. The molecule has 2 nitrogen and oxygen atoms in total. The maximum Gasteiger partial charge on any atom is 0.0345 e. The molecule has 2 N–H and O–H groups in total. The van der Waals surface area contributed by atoms with Crippen molar-refractivity contribution in [1.82, 2.24) is 0 Å². The van der Waals surface area contributed by atoms with Crippen LogP contribution in [0.2, 0.25) is 0 Å². The van der Waals surface area contributed by atoms with Crippen molar-refractivity contribution >= 4 is 11.4 Å². The quantitative estimate of drug-likeness (QED) is 0.474. The number of hydrogen-bond donors (Lipinski definition) is 2. The molecule has 0 atom stereocenters. The molecule has 2 aromatic rings. The molecule has 0 bridgehead atoms. The lowest BCUT2D eigenvalue weighted by atomic mass is 10.1. The molecule has 0 saturated carbocycles. The van der Waals surface area contributed by atoms with E-state index in [2.05, 4.69) is 95.5 Å². The smallest absolute Gasteiger partial charge is 0.0345 e.